The maximum absolute atomic E-state index is 12.1. The van der Waals surface area contributed by atoms with E-state index >= 15 is 0 Å². The highest BCUT2D eigenvalue weighted by Crippen LogP contribution is 2.15. The second kappa shape index (κ2) is 6.37. The first-order valence-electron chi connectivity index (χ1n) is 6.55. The molecule has 1 aromatic heterocycles. The summed E-state index contributed by atoms with van der Waals surface area (Å²) in [5.41, 5.74) is -1.01. The van der Waals surface area contributed by atoms with Crippen molar-refractivity contribution in [3.8, 4) is 6.07 Å². The normalized spacial score (nSPS) is 21.8. The fraction of sp³-hybridized carbons (Fsp3) is 0.615. The molecule has 1 saturated heterocycles. The van der Waals surface area contributed by atoms with Gasteiger partial charge >= 0.3 is 0 Å². The minimum absolute atomic E-state index is 0.222. The Hall–Kier alpha value is -1.39. The average molecular weight is 341 g/mol. The van der Waals surface area contributed by atoms with E-state index in [1.54, 1.807) is 24.0 Å². The molecule has 0 bridgehead atoms. The van der Waals surface area contributed by atoms with Gasteiger partial charge in [-0.3, -0.25) is 9.48 Å². The third-order valence-corrected chi connectivity index (χ3v) is 3.61. The first-order valence-corrected chi connectivity index (χ1v) is 7.34. The zero-order valence-electron chi connectivity index (χ0n) is 11.3. The fourth-order valence-corrected chi connectivity index (χ4v) is 2.48. The van der Waals surface area contributed by atoms with Gasteiger partial charge in [0.1, 0.15) is 11.6 Å². The summed E-state index contributed by atoms with van der Waals surface area (Å²) < 4.78 is 7.89. The first-order chi connectivity index (χ1) is 9.52. The van der Waals surface area contributed by atoms with E-state index in [9.17, 15) is 10.1 Å². The zero-order valence-corrected chi connectivity index (χ0v) is 12.9. The van der Waals surface area contributed by atoms with Gasteiger partial charge in [-0.2, -0.15) is 10.4 Å². The second-order valence-electron chi connectivity index (χ2n) is 5.14. The molecule has 0 spiro atoms. The van der Waals surface area contributed by atoms with Crippen LogP contribution in [0.4, 0.5) is 0 Å². The third-order valence-electron chi connectivity index (χ3n) is 3.20. The van der Waals surface area contributed by atoms with Crippen LogP contribution in [0, 0.1) is 11.3 Å². The summed E-state index contributed by atoms with van der Waals surface area (Å²) in [4.78, 5) is 12.1. The Morgan fingerprint density at radius 3 is 3.10 bits per heavy atom. The molecule has 1 N–H and O–H groups in total. The highest BCUT2D eigenvalue weighted by Gasteiger charge is 2.31. The highest BCUT2D eigenvalue weighted by atomic mass is 79.9. The van der Waals surface area contributed by atoms with Crippen LogP contribution in [-0.4, -0.2) is 33.9 Å². The van der Waals surface area contributed by atoms with Gasteiger partial charge in [0.15, 0.2) is 0 Å². The van der Waals surface area contributed by atoms with Gasteiger partial charge in [0.05, 0.1) is 23.3 Å². The third kappa shape index (κ3) is 3.81. The summed E-state index contributed by atoms with van der Waals surface area (Å²) in [6.07, 6.45) is 5.64. The number of hydrogen-bond acceptors (Lipinski definition) is 4. The van der Waals surface area contributed by atoms with Crippen molar-refractivity contribution in [2.45, 2.75) is 44.4 Å². The molecule has 2 heterocycles. The first kappa shape index (κ1) is 15.0. The molecule has 20 heavy (non-hydrogen) atoms. The quantitative estimate of drug-likeness (QED) is 0.902. The topological polar surface area (TPSA) is 79.9 Å². The van der Waals surface area contributed by atoms with Crippen LogP contribution < -0.4 is 5.32 Å². The zero-order chi connectivity index (χ0) is 14.6. The van der Waals surface area contributed by atoms with E-state index in [2.05, 4.69) is 32.4 Å². The van der Waals surface area contributed by atoms with Crippen LogP contribution in [0.15, 0.2) is 16.9 Å². The maximum Gasteiger partial charge on any atom is 0.250 e. The Kier molecular flexibility index (Phi) is 4.78. The van der Waals surface area contributed by atoms with Gasteiger partial charge in [-0.15, -0.1) is 0 Å². The highest BCUT2D eigenvalue weighted by molar-refractivity contribution is 9.10. The Bertz CT molecular complexity index is 519. The molecule has 108 valence electrons. The standard InChI is InChI=1S/C13H17BrN4O2/c1-13(8-15,9-18-7-10(14)6-16-18)17-12(19)11-4-2-3-5-20-11/h6-7,11H,2-5,9H2,1H3,(H,17,19). The van der Waals surface area contributed by atoms with Crippen LogP contribution in [0.2, 0.25) is 0 Å². The van der Waals surface area contributed by atoms with Crippen molar-refractivity contribution in [2.24, 2.45) is 0 Å². The van der Waals surface area contributed by atoms with Crippen molar-refractivity contribution >= 4 is 21.8 Å². The lowest BCUT2D eigenvalue weighted by atomic mass is 10.0. The predicted molar refractivity (Wildman–Crippen MR) is 75.7 cm³/mol. The molecule has 0 saturated carbocycles. The summed E-state index contributed by atoms with van der Waals surface area (Å²) in [5, 5.41) is 16.2. The van der Waals surface area contributed by atoms with Crippen LogP contribution in [0.5, 0.6) is 0 Å². The van der Waals surface area contributed by atoms with Gasteiger partial charge in [-0.1, -0.05) is 0 Å². The number of nitrogens with zero attached hydrogens (tertiary/aromatic N) is 3. The predicted octanol–water partition coefficient (Wildman–Crippen LogP) is 1.61. The molecule has 1 fully saturated rings. The second-order valence-corrected chi connectivity index (χ2v) is 6.06. The number of hydrogen-bond donors (Lipinski definition) is 1. The van der Waals surface area contributed by atoms with Gasteiger partial charge in [-0.25, -0.2) is 0 Å². The smallest absolute Gasteiger partial charge is 0.250 e. The van der Waals surface area contributed by atoms with Gasteiger partial charge in [0.2, 0.25) is 5.91 Å². The van der Waals surface area contributed by atoms with Crippen LogP contribution in [0.3, 0.4) is 0 Å². The number of halogens is 1. The van der Waals surface area contributed by atoms with Crippen LogP contribution in [-0.2, 0) is 16.1 Å². The number of nitriles is 1. The fourth-order valence-electron chi connectivity index (χ4n) is 2.15. The molecule has 1 aliphatic rings. The lowest BCUT2D eigenvalue weighted by Crippen LogP contribution is -2.52. The lowest BCUT2D eigenvalue weighted by molar-refractivity contribution is -0.136. The summed E-state index contributed by atoms with van der Waals surface area (Å²) >= 11 is 3.30. The molecule has 2 unspecified atom stereocenters. The number of rotatable bonds is 4. The van der Waals surface area contributed by atoms with E-state index in [0.29, 0.717) is 13.0 Å². The average Bonchev–Trinajstić information content (AvgIpc) is 2.84. The van der Waals surface area contributed by atoms with Crippen LogP contribution >= 0.6 is 15.9 Å². The number of ether oxygens (including phenoxy) is 1. The van der Waals surface area contributed by atoms with Gasteiger partial charge in [0, 0.05) is 12.8 Å². The van der Waals surface area contributed by atoms with E-state index in [1.807, 2.05) is 0 Å². The molecule has 0 aromatic carbocycles. The van der Waals surface area contributed by atoms with Crippen molar-refractivity contribution in [1.82, 2.24) is 15.1 Å². The molecule has 7 heteroatoms. The minimum atomic E-state index is -1.01. The molecule has 1 aliphatic heterocycles. The lowest BCUT2D eigenvalue weighted by Gasteiger charge is -2.28. The Morgan fingerprint density at radius 1 is 1.75 bits per heavy atom. The van der Waals surface area contributed by atoms with Crippen molar-refractivity contribution in [3.63, 3.8) is 0 Å². The van der Waals surface area contributed by atoms with Crippen molar-refractivity contribution in [2.75, 3.05) is 6.61 Å². The molecule has 2 rings (SSSR count). The molecule has 1 amide bonds. The van der Waals surface area contributed by atoms with Gasteiger partial charge < -0.3 is 10.1 Å². The number of carbonyl (C=O) groups is 1. The van der Waals surface area contributed by atoms with E-state index in [1.165, 1.54) is 0 Å². The molecule has 1 aromatic rings. The summed E-state index contributed by atoms with van der Waals surface area (Å²) in [7, 11) is 0. The monoisotopic (exact) mass is 340 g/mol. The minimum Gasteiger partial charge on any atom is -0.368 e. The maximum atomic E-state index is 12.1. The van der Waals surface area contributed by atoms with Gasteiger partial charge in [-0.05, 0) is 42.1 Å². The van der Waals surface area contributed by atoms with Crippen LogP contribution in [0.25, 0.3) is 0 Å². The number of amides is 1. The largest absolute Gasteiger partial charge is 0.368 e. The van der Waals surface area contributed by atoms with Crippen LogP contribution in [0.1, 0.15) is 26.2 Å². The van der Waals surface area contributed by atoms with E-state index in [-0.39, 0.29) is 12.5 Å². The number of aromatic nitrogens is 2. The molecule has 2 atom stereocenters. The summed E-state index contributed by atoms with van der Waals surface area (Å²) in [6, 6.07) is 2.14. The molecular weight excluding hydrogens is 324 g/mol. The van der Waals surface area contributed by atoms with E-state index in [0.717, 1.165) is 17.3 Å². The van der Waals surface area contributed by atoms with Crippen molar-refractivity contribution in [3.05, 3.63) is 16.9 Å². The number of nitrogens with one attached hydrogen (secondary N) is 1. The van der Waals surface area contributed by atoms with E-state index < -0.39 is 11.6 Å². The Labute approximate surface area is 126 Å². The molecule has 0 aliphatic carbocycles. The van der Waals surface area contributed by atoms with Crippen molar-refractivity contribution in [1.29, 1.82) is 5.26 Å². The van der Waals surface area contributed by atoms with E-state index in [4.69, 9.17) is 4.74 Å². The Balaban J connectivity index is 1.99. The van der Waals surface area contributed by atoms with Gasteiger partial charge in [0.25, 0.3) is 0 Å². The molecule has 6 nitrogen and oxygen atoms in total. The Morgan fingerprint density at radius 2 is 2.55 bits per heavy atom. The SMILES string of the molecule is CC(C#N)(Cn1cc(Br)cn1)NC(=O)C1CCCCO1. The van der Waals surface area contributed by atoms with Crippen molar-refractivity contribution < 1.29 is 9.53 Å². The summed E-state index contributed by atoms with van der Waals surface area (Å²) in [5.74, 6) is -0.222. The molecule has 0 radical (unpaired) electrons. The summed E-state index contributed by atoms with van der Waals surface area (Å²) in [6.45, 7) is 2.57. The number of carbonyl (C=O) groups excluding carboxylic acids is 1. The molecular formula is C13H17BrN4O2.